The Morgan fingerprint density at radius 2 is 1.54 bits per heavy atom. The van der Waals surface area contributed by atoms with Crippen LogP contribution >= 0.6 is 11.8 Å². The van der Waals surface area contributed by atoms with Crippen molar-refractivity contribution in [1.82, 2.24) is 42.1 Å². The molecular formula is C43H67N11O12S. The zero-order valence-electron chi connectivity index (χ0n) is 38.4. The van der Waals surface area contributed by atoms with Gasteiger partial charge in [-0.1, -0.05) is 32.4 Å². The number of primary amides is 2. The highest BCUT2D eigenvalue weighted by atomic mass is 32.2. The third kappa shape index (κ3) is 17.6. The van der Waals surface area contributed by atoms with Gasteiger partial charge in [0, 0.05) is 30.9 Å². The molecule has 2 aliphatic heterocycles. The van der Waals surface area contributed by atoms with Gasteiger partial charge in [0.25, 0.3) is 0 Å². The maximum absolute atomic E-state index is 14.4. The van der Waals surface area contributed by atoms with Crippen molar-refractivity contribution in [2.24, 2.45) is 23.1 Å². The zero-order chi connectivity index (χ0) is 49.8. The minimum atomic E-state index is -1.73. The number of hydrogen-bond acceptors (Lipinski definition) is 14. The molecule has 2 fully saturated rings. The number of benzene rings is 1. The standard InChI is InChI=1S/C43H67N11O12S/c1-5-23(3)35-41(63)53-36(24(4)55)42(64)50-29(20-32(45)56)38(60)51-30(22-67-18-15-34(58)48-28(39(61)52-35)19-25-11-13-26(14-12-25)66-6-2)43(65)54-17-8-10-31(54)40(62)49-27(9-7-16-44)37(59)47-21-33(46)57/h11-14,23-24,27-31,35-36,55H,5-10,15-22,44H2,1-4H3,(H2,45,56)(H2,46,57)(H,47,59)(H,48,58)(H,49,62)(H,50,64)(H,51,60)(H,52,61)(H,53,63)/t23-,24+,27-,28+,29-,30-,31-,35-,36-/m0/s1. The summed E-state index contributed by atoms with van der Waals surface area (Å²) in [6, 6.07) is -2.72. The Labute approximate surface area is 393 Å². The Kier molecular flexibility index (Phi) is 22.8. The van der Waals surface area contributed by atoms with Crippen molar-refractivity contribution in [1.29, 1.82) is 0 Å². The normalized spacial score (nSPS) is 23.8. The summed E-state index contributed by atoms with van der Waals surface area (Å²) >= 11 is 1.07. The first kappa shape index (κ1) is 55.3. The third-order valence-corrected chi connectivity index (χ3v) is 12.3. The third-order valence-electron chi connectivity index (χ3n) is 11.2. The minimum Gasteiger partial charge on any atom is -0.494 e. The molecule has 1 aromatic carbocycles. The van der Waals surface area contributed by atoms with Crippen LogP contribution in [-0.4, -0.2) is 155 Å². The number of amides is 10. The van der Waals surface area contributed by atoms with E-state index in [-0.39, 0.29) is 50.3 Å². The van der Waals surface area contributed by atoms with E-state index < -0.39 is 126 Å². The largest absolute Gasteiger partial charge is 0.494 e. The van der Waals surface area contributed by atoms with E-state index in [1.54, 1.807) is 38.1 Å². The van der Waals surface area contributed by atoms with Gasteiger partial charge in [-0.25, -0.2) is 0 Å². The van der Waals surface area contributed by atoms with Crippen molar-refractivity contribution >= 4 is 70.8 Å². The number of carbonyl (C=O) groups excluding carboxylic acids is 10. The molecular weight excluding hydrogens is 895 g/mol. The summed E-state index contributed by atoms with van der Waals surface area (Å²) in [6.07, 6.45) is -1.18. The molecule has 9 atom stereocenters. The fourth-order valence-corrected chi connectivity index (χ4v) is 8.31. The quantitative estimate of drug-likeness (QED) is 0.0675. The first-order valence-electron chi connectivity index (χ1n) is 22.4. The number of nitrogens with two attached hydrogens (primary N) is 3. The summed E-state index contributed by atoms with van der Waals surface area (Å²) in [5.41, 5.74) is 16.9. The molecule has 67 heavy (non-hydrogen) atoms. The Morgan fingerprint density at radius 3 is 2.15 bits per heavy atom. The van der Waals surface area contributed by atoms with Gasteiger partial charge in [0.15, 0.2) is 0 Å². The molecule has 1 aromatic rings. The van der Waals surface area contributed by atoms with Crippen LogP contribution in [0.25, 0.3) is 0 Å². The first-order valence-corrected chi connectivity index (χ1v) is 23.6. The highest BCUT2D eigenvalue weighted by Gasteiger charge is 2.41. The van der Waals surface area contributed by atoms with Gasteiger partial charge in [-0.3, -0.25) is 47.9 Å². The van der Waals surface area contributed by atoms with Gasteiger partial charge < -0.3 is 69.2 Å². The van der Waals surface area contributed by atoms with Gasteiger partial charge in [0.05, 0.1) is 25.7 Å². The lowest BCUT2D eigenvalue weighted by molar-refractivity contribution is -0.142. The van der Waals surface area contributed by atoms with E-state index in [1.807, 2.05) is 6.92 Å². The molecule has 0 aliphatic carbocycles. The van der Waals surface area contributed by atoms with E-state index in [4.69, 9.17) is 21.9 Å². The van der Waals surface area contributed by atoms with E-state index in [0.717, 1.165) is 11.8 Å². The van der Waals surface area contributed by atoms with E-state index in [2.05, 4.69) is 37.2 Å². The summed E-state index contributed by atoms with van der Waals surface area (Å²) in [5.74, 6) is -8.31. The second kappa shape index (κ2) is 27.6. The van der Waals surface area contributed by atoms with Crippen LogP contribution in [0.5, 0.6) is 5.75 Å². The topological polar surface area (TPSA) is 366 Å². The number of carbonyl (C=O) groups is 10. The van der Waals surface area contributed by atoms with Crippen LogP contribution in [0.4, 0.5) is 0 Å². The average Bonchev–Trinajstić information content (AvgIpc) is 3.78. The lowest BCUT2D eigenvalue weighted by Crippen LogP contribution is -2.63. The van der Waals surface area contributed by atoms with Crippen LogP contribution in [0.15, 0.2) is 24.3 Å². The molecule has 0 unspecified atom stereocenters. The molecule has 14 N–H and O–H groups in total. The molecule has 3 rings (SSSR count). The molecule has 2 heterocycles. The molecule has 372 valence electrons. The lowest BCUT2D eigenvalue weighted by Gasteiger charge is -2.31. The maximum Gasteiger partial charge on any atom is 0.246 e. The number of aliphatic hydroxyl groups excluding tert-OH is 1. The Bertz CT molecular complexity index is 1920. The smallest absolute Gasteiger partial charge is 0.246 e. The van der Waals surface area contributed by atoms with Crippen molar-refractivity contribution in [3.63, 3.8) is 0 Å². The van der Waals surface area contributed by atoms with E-state index in [0.29, 0.717) is 37.2 Å². The van der Waals surface area contributed by atoms with Gasteiger partial charge >= 0.3 is 0 Å². The molecule has 0 aromatic heterocycles. The van der Waals surface area contributed by atoms with E-state index in [9.17, 15) is 53.1 Å². The zero-order valence-corrected chi connectivity index (χ0v) is 39.2. The first-order chi connectivity index (χ1) is 31.8. The average molecular weight is 962 g/mol. The summed E-state index contributed by atoms with van der Waals surface area (Å²) in [7, 11) is 0. The summed E-state index contributed by atoms with van der Waals surface area (Å²) in [4.78, 5) is 135. The number of nitrogens with zero attached hydrogens (tertiary/aromatic N) is 1. The summed E-state index contributed by atoms with van der Waals surface area (Å²) < 4.78 is 5.53. The van der Waals surface area contributed by atoms with Gasteiger partial charge in [-0.05, 0) is 69.7 Å². The van der Waals surface area contributed by atoms with Crippen LogP contribution in [0.3, 0.4) is 0 Å². The molecule has 0 bridgehead atoms. The number of aliphatic hydroxyl groups is 1. The predicted molar refractivity (Wildman–Crippen MR) is 245 cm³/mol. The lowest BCUT2D eigenvalue weighted by atomic mass is 9.96. The van der Waals surface area contributed by atoms with E-state index >= 15 is 0 Å². The van der Waals surface area contributed by atoms with Crippen LogP contribution in [0.1, 0.15) is 78.2 Å². The molecule has 2 aliphatic rings. The van der Waals surface area contributed by atoms with Crippen LogP contribution in [0, 0.1) is 5.92 Å². The minimum absolute atomic E-state index is 0.00488. The highest BCUT2D eigenvalue weighted by Crippen LogP contribution is 2.21. The number of thioether (sulfide) groups is 1. The van der Waals surface area contributed by atoms with Gasteiger partial charge in [-0.2, -0.15) is 11.8 Å². The number of nitrogens with one attached hydrogen (secondary N) is 7. The predicted octanol–water partition coefficient (Wildman–Crippen LogP) is -3.69. The Hall–Kier alpha value is -6.01. The maximum atomic E-state index is 14.4. The van der Waals surface area contributed by atoms with Gasteiger partial charge in [0.1, 0.15) is 48.0 Å². The van der Waals surface area contributed by atoms with Crippen LogP contribution < -0.4 is 59.2 Å². The van der Waals surface area contributed by atoms with Crippen molar-refractivity contribution in [2.45, 2.75) is 127 Å². The fourth-order valence-electron chi connectivity index (χ4n) is 7.35. The Balaban J connectivity index is 2.01. The molecule has 24 heteroatoms. The second-order valence-electron chi connectivity index (χ2n) is 16.5. The SMILES string of the molecule is CCOc1ccc(C[C@H]2NC(=O)CCSC[C@@H](C(=O)N3CCC[C@H]3C(=O)N[C@@H](CCCN)C(=O)NCC(N)=O)NC(=O)[C@H](CC(N)=O)NC(=O)[C@H]([C@@H](C)O)NC(=O)[C@H]([C@@H](C)CC)NC2=O)cc1. The van der Waals surface area contributed by atoms with Gasteiger partial charge in [0.2, 0.25) is 59.1 Å². The summed E-state index contributed by atoms with van der Waals surface area (Å²) in [5, 5.41) is 28.6. The molecule has 0 spiro atoms. The number of likely N-dealkylation sites (tertiary alicyclic amines) is 1. The van der Waals surface area contributed by atoms with Crippen molar-refractivity contribution in [3.05, 3.63) is 29.8 Å². The number of hydrogen-bond donors (Lipinski definition) is 11. The molecule has 0 radical (unpaired) electrons. The van der Waals surface area contributed by atoms with Crippen molar-refractivity contribution < 1.29 is 57.8 Å². The fraction of sp³-hybridized carbons (Fsp3) is 0.628. The van der Waals surface area contributed by atoms with Crippen molar-refractivity contribution in [3.8, 4) is 5.75 Å². The Morgan fingerprint density at radius 1 is 0.881 bits per heavy atom. The highest BCUT2D eigenvalue weighted by molar-refractivity contribution is 7.99. The monoisotopic (exact) mass is 961 g/mol. The van der Waals surface area contributed by atoms with Gasteiger partial charge in [-0.15, -0.1) is 0 Å². The second-order valence-corrected chi connectivity index (χ2v) is 17.6. The number of rotatable bonds is 18. The van der Waals surface area contributed by atoms with Crippen LogP contribution in [0.2, 0.25) is 0 Å². The van der Waals surface area contributed by atoms with Crippen LogP contribution in [-0.2, 0) is 54.4 Å². The molecule has 0 saturated carbocycles. The van der Waals surface area contributed by atoms with Crippen molar-refractivity contribution in [2.75, 3.05) is 37.7 Å². The summed E-state index contributed by atoms with van der Waals surface area (Å²) in [6.45, 7) is 6.69. The number of ether oxygens (including phenoxy) is 1. The molecule has 2 saturated heterocycles. The van der Waals surface area contributed by atoms with E-state index in [1.165, 1.54) is 11.8 Å². The molecule has 10 amide bonds. The molecule has 23 nitrogen and oxygen atoms in total.